The van der Waals surface area contributed by atoms with E-state index in [0.717, 1.165) is 32.9 Å². The van der Waals surface area contributed by atoms with Crippen LogP contribution in [-0.4, -0.2) is 19.9 Å². The lowest BCUT2D eigenvalue weighted by atomic mass is 10.0. The Labute approximate surface area is 137 Å². The number of pyridine rings is 3. The molecule has 0 atom stereocenters. The van der Waals surface area contributed by atoms with Crippen LogP contribution in [0.1, 0.15) is 5.01 Å². The van der Waals surface area contributed by atoms with Gasteiger partial charge in [-0.15, -0.1) is 11.3 Å². The number of thiazole rings is 1. The van der Waals surface area contributed by atoms with Gasteiger partial charge in [0, 0.05) is 46.7 Å². The van der Waals surface area contributed by atoms with Crippen LogP contribution in [0.5, 0.6) is 0 Å². The van der Waals surface area contributed by atoms with E-state index in [4.69, 9.17) is 0 Å². The molecule has 6 heteroatoms. The number of anilines is 2. The minimum Gasteiger partial charge on any atom is -0.322 e. The van der Waals surface area contributed by atoms with Crippen molar-refractivity contribution < 1.29 is 0 Å². The molecule has 1 N–H and O–H groups in total. The summed E-state index contributed by atoms with van der Waals surface area (Å²) < 4.78 is 0. The molecule has 0 fully saturated rings. The Balaban J connectivity index is 1.85. The van der Waals surface area contributed by atoms with E-state index < -0.39 is 0 Å². The van der Waals surface area contributed by atoms with E-state index in [0.29, 0.717) is 5.82 Å². The molecule has 0 spiro atoms. The van der Waals surface area contributed by atoms with E-state index >= 15 is 0 Å². The lowest BCUT2D eigenvalue weighted by molar-refractivity contribution is 1.24. The van der Waals surface area contributed by atoms with Crippen LogP contribution in [0, 0.1) is 6.92 Å². The van der Waals surface area contributed by atoms with Crippen molar-refractivity contribution in [3.63, 3.8) is 0 Å². The monoisotopic (exact) mass is 319 g/mol. The summed E-state index contributed by atoms with van der Waals surface area (Å²) in [6.45, 7) is 1.98. The van der Waals surface area contributed by atoms with Gasteiger partial charge < -0.3 is 5.32 Å². The van der Waals surface area contributed by atoms with Gasteiger partial charge in [0.05, 0.1) is 5.01 Å². The smallest absolute Gasteiger partial charge is 0.158 e. The summed E-state index contributed by atoms with van der Waals surface area (Å²) >= 11 is 1.60. The van der Waals surface area contributed by atoms with Crippen LogP contribution in [0.25, 0.3) is 22.0 Å². The van der Waals surface area contributed by atoms with E-state index in [2.05, 4.69) is 25.3 Å². The van der Waals surface area contributed by atoms with Crippen molar-refractivity contribution in [2.75, 3.05) is 5.32 Å². The van der Waals surface area contributed by atoms with E-state index in [1.54, 1.807) is 23.7 Å². The van der Waals surface area contributed by atoms with Gasteiger partial charge in [0.25, 0.3) is 0 Å². The third kappa shape index (κ3) is 2.64. The lowest BCUT2D eigenvalue weighted by Crippen LogP contribution is -1.97. The predicted molar refractivity (Wildman–Crippen MR) is 92.9 cm³/mol. The number of rotatable bonds is 3. The van der Waals surface area contributed by atoms with Crippen molar-refractivity contribution in [1.29, 1.82) is 0 Å². The van der Waals surface area contributed by atoms with Crippen molar-refractivity contribution in [3.05, 3.63) is 59.4 Å². The molecular weight excluding hydrogens is 306 g/mol. The number of hydrogen-bond donors (Lipinski definition) is 1. The summed E-state index contributed by atoms with van der Waals surface area (Å²) in [6, 6.07) is 7.91. The molecule has 4 aromatic heterocycles. The molecule has 0 aliphatic heterocycles. The Morgan fingerprint density at radius 2 is 1.96 bits per heavy atom. The zero-order valence-corrected chi connectivity index (χ0v) is 13.2. The molecule has 0 amide bonds. The zero-order chi connectivity index (χ0) is 15.6. The molecule has 0 saturated carbocycles. The summed E-state index contributed by atoms with van der Waals surface area (Å²) in [5, 5.41) is 7.27. The van der Waals surface area contributed by atoms with Crippen LogP contribution >= 0.6 is 11.3 Å². The highest BCUT2D eigenvalue weighted by Gasteiger charge is 2.11. The molecule has 4 aromatic rings. The first-order valence-electron chi connectivity index (χ1n) is 7.14. The van der Waals surface area contributed by atoms with E-state index in [-0.39, 0.29) is 0 Å². The summed E-state index contributed by atoms with van der Waals surface area (Å²) in [6.07, 6.45) is 7.22. The summed E-state index contributed by atoms with van der Waals surface area (Å²) in [5.74, 6) is 1.50. The van der Waals surface area contributed by atoms with Gasteiger partial charge in [0.2, 0.25) is 0 Å². The van der Waals surface area contributed by atoms with E-state index in [1.807, 2.05) is 49.0 Å². The van der Waals surface area contributed by atoms with Crippen LogP contribution in [0.2, 0.25) is 0 Å². The van der Waals surface area contributed by atoms with E-state index in [1.165, 1.54) is 0 Å². The number of nitrogens with one attached hydrogen (secondary N) is 1. The van der Waals surface area contributed by atoms with Crippen LogP contribution in [0.4, 0.5) is 11.6 Å². The van der Waals surface area contributed by atoms with Crippen LogP contribution in [0.3, 0.4) is 0 Å². The molecule has 112 valence electrons. The van der Waals surface area contributed by atoms with Gasteiger partial charge in [0.15, 0.2) is 5.82 Å². The van der Waals surface area contributed by atoms with Crippen molar-refractivity contribution in [1.82, 2.24) is 19.9 Å². The van der Waals surface area contributed by atoms with Crippen molar-refractivity contribution in [3.8, 4) is 11.1 Å². The van der Waals surface area contributed by atoms with Gasteiger partial charge in [-0.3, -0.25) is 9.97 Å². The molecule has 0 bridgehead atoms. The van der Waals surface area contributed by atoms with Gasteiger partial charge in [-0.25, -0.2) is 9.97 Å². The van der Waals surface area contributed by atoms with Gasteiger partial charge >= 0.3 is 0 Å². The normalized spacial score (nSPS) is 10.8. The number of hydrogen-bond acceptors (Lipinski definition) is 6. The Morgan fingerprint density at radius 3 is 2.74 bits per heavy atom. The molecule has 0 aliphatic carbocycles. The highest BCUT2D eigenvalue weighted by atomic mass is 32.1. The molecule has 4 heterocycles. The third-order valence-electron chi connectivity index (χ3n) is 3.48. The highest BCUT2D eigenvalue weighted by molar-refractivity contribution is 7.09. The quantitative estimate of drug-likeness (QED) is 0.613. The molecule has 0 radical (unpaired) electrons. The largest absolute Gasteiger partial charge is 0.322 e. The SMILES string of the molecule is Cc1nc(Nc2ncc(-c3cccnc3)c3cccnc23)cs1. The molecule has 0 saturated heterocycles. The van der Waals surface area contributed by atoms with E-state index in [9.17, 15) is 0 Å². The molecular formula is C17H13N5S. The van der Waals surface area contributed by atoms with Crippen LogP contribution < -0.4 is 5.32 Å². The first-order chi connectivity index (χ1) is 11.3. The Hall–Kier alpha value is -2.86. The highest BCUT2D eigenvalue weighted by Crippen LogP contribution is 2.31. The predicted octanol–water partition coefficient (Wildman–Crippen LogP) is 4.20. The Morgan fingerprint density at radius 1 is 1.04 bits per heavy atom. The topological polar surface area (TPSA) is 63.6 Å². The molecule has 0 aromatic carbocycles. The minimum atomic E-state index is 0.707. The van der Waals surface area contributed by atoms with Gasteiger partial charge in [-0.1, -0.05) is 12.1 Å². The fourth-order valence-electron chi connectivity index (χ4n) is 2.46. The van der Waals surface area contributed by atoms with Gasteiger partial charge in [-0.2, -0.15) is 0 Å². The molecule has 4 rings (SSSR count). The first-order valence-corrected chi connectivity index (χ1v) is 8.02. The van der Waals surface area contributed by atoms with Gasteiger partial charge in [0.1, 0.15) is 11.3 Å². The van der Waals surface area contributed by atoms with Crippen LogP contribution in [0.15, 0.2) is 54.4 Å². The fraction of sp³-hybridized carbons (Fsp3) is 0.0588. The number of aromatic nitrogens is 4. The molecule has 5 nitrogen and oxygen atoms in total. The minimum absolute atomic E-state index is 0.707. The average molecular weight is 319 g/mol. The molecule has 23 heavy (non-hydrogen) atoms. The van der Waals surface area contributed by atoms with Gasteiger partial charge in [-0.05, 0) is 19.1 Å². The second-order valence-electron chi connectivity index (χ2n) is 5.04. The average Bonchev–Trinajstić information content (AvgIpc) is 3.01. The molecule has 0 unspecified atom stereocenters. The van der Waals surface area contributed by atoms with Crippen LogP contribution in [-0.2, 0) is 0 Å². The second-order valence-corrected chi connectivity index (χ2v) is 6.10. The fourth-order valence-corrected chi connectivity index (χ4v) is 3.00. The standard InChI is InChI=1S/C17H13N5S/c1-11-21-15(10-23-11)22-17-16-13(5-3-7-19-16)14(9-20-17)12-4-2-6-18-8-12/h2-10H,1H3,(H,20,22). The van der Waals surface area contributed by atoms with Crippen molar-refractivity contribution in [2.45, 2.75) is 6.92 Å². The number of nitrogens with zero attached hydrogens (tertiary/aromatic N) is 4. The van der Waals surface area contributed by atoms with Crippen molar-refractivity contribution in [2.24, 2.45) is 0 Å². The molecule has 0 aliphatic rings. The number of aryl methyl sites for hydroxylation is 1. The zero-order valence-electron chi connectivity index (χ0n) is 12.4. The Bertz CT molecular complexity index is 965. The third-order valence-corrected chi connectivity index (χ3v) is 4.26. The maximum atomic E-state index is 4.55. The maximum absolute atomic E-state index is 4.55. The summed E-state index contributed by atoms with van der Waals surface area (Å²) in [4.78, 5) is 17.7. The second kappa shape index (κ2) is 5.73. The lowest BCUT2D eigenvalue weighted by Gasteiger charge is -2.10. The van der Waals surface area contributed by atoms with Crippen molar-refractivity contribution >= 4 is 33.9 Å². The summed E-state index contributed by atoms with van der Waals surface area (Å²) in [5.41, 5.74) is 2.86. The first kappa shape index (κ1) is 13.8. The number of fused-ring (bicyclic) bond motifs is 1. The summed E-state index contributed by atoms with van der Waals surface area (Å²) in [7, 11) is 0. The maximum Gasteiger partial charge on any atom is 0.158 e. The Kier molecular flexibility index (Phi) is 3.44.